The van der Waals surface area contributed by atoms with Crippen LogP contribution in [-0.4, -0.2) is 30.0 Å². The molecule has 2 N–H and O–H groups in total. The summed E-state index contributed by atoms with van der Waals surface area (Å²) in [5.74, 6) is 2.35. The number of rotatable bonds is 4. The maximum Gasteiger partial charge on any atom is 0.191 e. The van der Waals surface area contributed by atoms with Crippen molar-refractivity contribution in [3.8, 4) is 0 Å². The minimum Gasteiger partial charge on any atom is -0.370 e. The van der Waals surface area contributed by atoms with Gasteiger partial charge in [0.1, 0.15) is 0 Å². The van der Waals surface area contributed by atoms with E-state index in [-0.39, 0.29) is 0 Å². The van der Waals surface area contributed by atoms with E-state index in [1.165, 1.54) is 25.7 Å². The summed E-state index contributed by atoms with van der Waals surface area (Å²) in [5.41, 5.74) is 5.97. The van der Waals surface area contributed by atoms with E-state index in [1.54, 1.807) is 0 Å². The van der Waals surface area contributed by atoms with Crippen molar-refractivity contribution in [1.29, 1.82) is 0 Å². The Kier molecular flexibility index (Phi) is 2.89. The molecule has 2 fully saturated rings. The van der Waals surface area contributed by atoms with Crippen molar-refractivity contribution in [2.45, 2.75) is 51.6 Å². The van der Waals surface area contributed by atoms with Crippen LogP contribution in [0.1, 0.15) is 39.5 Å². The highest BCUT2D eigenvalue weighted by molar-refractivity contribution is 5.78. The Labute approximate surface area is 92.7 Å². The molecule has 0 aliphatic heterocycles. The largest absolute Gasteiger partial charge is 0.370 e. The van der Waals surface area contributed by atoms with Crippen LogP contribution in [0.3, 0.4) is 0 Å². The number of nitrogens with two attached hydrogens (primary N) is 1. The molecule has 0 aromatic rings. The van der Waals surface area contributed by atoms with Crippen LogP contribution in [0.2, 0.25) is 0 Å². The molecule has 0 radical (unpaired) electrons. The van der Waals surface area contributed by atoms with Gasteiger partial charge in [-0.2, -0.15) is 0 Å². The summed E-state index contributed by atoms with van der Waals surface area (Å²) in [6.07, 6.45) is 5.12. The monoisotopic (exact) mass is 209 g/mol. The molecule has 0 bridgehead atoms. The highest BCUT2D eigenvalue weighted by atomic mass is 15.3. The predicted octanol–water partition coefficient (Wildman–Crippen LogP) is 1.83. The standard InChI is InChI=1S/C12H23N3/c1-8(2)6-9-7-11(9)14-12(13)15(3)10-4-5-10/h8-11H,4-7H2,1-3H3,(H2,13,14)/t9-,11-/m1/s1. The zero-order valence-corrected chi connectivity index (χ0v) is 10.1. The van der Waals surface area contributed by atoms with Crippen molar-refractivity contribution in [1.82, 2.24) is 4.90 Å². The van der Waals surface area contributed by atoms with Crippen LogP contribution in [0.5, 0.6) is 0 Å². The minimum absolute atomic E-state index is 0.522. The van der Waals surface area contributed by atoms with Gasteiger partial charge in [0, 0.05) is 13.1 Å². The summed E-state index contributed by atoms with van der Waals surface area (Å²) >= 11 is 0. The van der Waals surface area contributed by atoms with Crippen LogP contribution in [0.25, 0.3) is 0 Å². The third kappa shape index (κ3) is 2.86. The van der Waals surface area contributed by atoms with Gasteiger partial charge < -0.3 is 10.6 Å². The lowest BCUT2D eigenvalue weighted by Gasteiger charge is -2.16. The zero-order chi connectivity index (χ0) is 11.0. The van der Waals surface area contributed by atoms with Gasteiger partial charge in [-0.3, -0.25) is 0 Å². The molecule has 0 aromatic carbocycles. The molecule has 2 rings (SSSR count). The second-order valence-electron chi connectivity index (χ2n) is 5.52. The Morgan fingerprint density at radius 1 is 1.47 bits per heavy atom. The lowest BCUT2D eigenvalue weighted by molar-refractivity contribution is 0.484. The van der Waals surface area contributed by atoms with Crippen molar-refractivity contribution in [3.63, 3.8) is 0 Å². The van der Waals surface area contributed by atoms with E-state index < -0.39 is 0 Å². The van der Waals surface area contributed by atoms with Gasteiger partial charge in [0.2, 0.25) is 0 Å². The van der Waals surface area contributed by atoms with Crippen LogP contribution in [0.15, 0.2) is 4.99 Å². The van der Waals surface area contributed by atoms with Gasteiger partial charge in [0.15, 0.2) is 5.96 Å². The zero-order valence-electron chi connectivity index (χ0n) is 10.1. The normalized spacial score (nSPS) is 30.8. The first kappa shape index (κ1) is 10.8. The molecule has 15 heavy (non-hydrogen) atoms. The Bertz CT molecular complexity index is 256. The highest BCUT2D eigenvalue weighted by Crippen LogP contribution is 2.39. The lowest BCUT2D eigenvalue weighted by atomic mass is 10.1. The third-order valence-electron chi connectivity index (χ3n) is 3.41. The smallest absolute Gasteiger partial charge is 0.191 e. The number of hydrogen-bond acceptors (Lipinski definition) is 1. The Morgan fingerprint density at radius 3 is 2.67 bits per heavy atom. The predicted molar refractivity (Wildman–Crippen MR) is 63.8 cm³/mol. The fourth-order valence-electron chi connectivity index (χ4n) is 2.16. The highest BCUT2D eigenvalue weighted by Gasteiger charge is 2.38. The number of nitrogens with zero attached hydrogens (tertiary/aromatic N) is 2. The van der Waals surface area contributed by atoms with Gasteiger partial charge >= 0.3 is 0 Å². The summed E-state index contributed by atoms with van der Waals surface area (Å²) in [7, 11) is 2.07. The van der Waals surface area contributed by atoms with Gasteiger partial charge in [0.25, 0.3) is 0 Å². The molecule has 0 aromatic heterocycles. The SMILES string of the molecule is CC(C)C[C@@H]1C[C@H]1N=C(N)N(C)C1CC1. The Hall–Kier alpha value is -0.730. The van der Waals surface area contributed by atoms with Crippen molar-refractivity contribution < 1.29 is 0 Å². The topological polar surface area (TPSA) is 41.6 Å². The van der Waals surface area contributed by atoms with Crippen LogP contribution in [0, 0.1) is 11.8 Å². The molecule has 3 nitrogen and oxygen atoms in total. The lowest BCUT2D eigenvalue weighted by Crippen LogP contribution is -2.36. The number of guanidine groups is 1. The maximum atomic E-state index is 5.97. The molecule has 0 unspecified atom stereocenters. The van der Waals surface area contributed by atoms with Crippen LogP contribution in [0.4, 0.5) is 0 Å². The summed E-state index contributed by atoms with van der Waals surface area (Å²) in [6.45, 7) is 4.55. The van der Waals surface area contributed by atoms with Crippen LogP contribution < -0.4 is 5.73 Å². The summed E-state index contributed by atoms with van der Waals surface area (Å²) in [4.78, 5) is 6.75. The van der Waals surface area contributed by atoms with Crippen molar-refractivity contribution in [2.24, 2.45) is 22.6 Å². The summed E-state index contributed by atoms with van der Waals surface area (Å²) < 4.78 is 0. The quantitative estimate of drug-likeness (QED) is 0.567. The molecule has 0 amide bonds. The Morgan fingerprint density at radius 2 is 2.13 bits per heavy atom. The van der Waals surface area contributed by atoms with E-state index in [1.807, 2.05) is 0 Å². The maximum absolute atomic E-state index is 5.97. The van der Waals surface area contributed by atoms with E-state index >= 15 is 0 Å². The van der Waals surface area contributed by atoms with Gasteiger partial charge in [-0.25, -0.2) is 4.99 Å². The van der Waals surface area contributed by atoms with Crippen molar-refractivity contribution in [2.75, 3.05) is 7.05 Å². The number of aliphatic imine (C=N–C) groups is 1. The minimum atomic E-state index is 0.522. The average Bonchev–Trinajstić information content (AvgIpc) is 2.99. The first-order valence-corrected chi connectivity index (χ1v) is 6.14. The second-order valence-corrected chi connectivity index (χ2v) is 5.52. The molecule has 2 atom stereocenters. The van der Waals surface area contributed by atoms with Gasteiger partial charge in [-0.05, 0) is 37.5 Å². The molecular weight excluding hydrogens is 186 g/mol. The van der Waals surface area contributed by atoms with Crippen molar-refractivity contribution in [3.05, 3.63) is 0 Å². The molecule has 2 aliphatic rings. The summed E-state index contributed by atoms with van der Waals surface area (Å²) in [6, 6.07) is 1.20. The van der Waals surface area contributed by atoms with Crippen molar-refractivity contribution >= 4 is 5.96 Å². The first-order valence-electron chi connectivity index (χ1n) is 6.14. The van der Waals surface area contributed by atoms with E-state index in [0.717, 1.165) is 17.8 Å². The Balaban J connectivity index is 1.78. The molecule has 0 spiro atoms. The average molecular weight is 209 g/mol. The van der Waals surface area contributed by atoms with E-state index in [4.69, 9.17) is 5.73 Å². The van der Waals surface area contributed by atoms with E-state index in [0.29, 0.717) is 12.1 Å². The van der Waals surface area contributed by atoms with Gasteiger partial charge in [0.05, 0.1) is 6.04 Å². The van der Waals surface area contributed by atoms with Crippen LogP contribution in [-0.2, 0) is 0 Å². The van der Waals surface area contributed by atoms with Gasteiger partial charge in [-0.1, -0.05) is 13.8 Å². The fraction of sp³-hybridized carbons (Fsp3) is 0.917. The van der Waals surface area contributed by atoms with Crippen LogP contribution >= 0.6 is 0 Å². The van der Waals surface area contributed by atoms with Gasteiger partial charge in [-0.15, -0.1) is 0 Å². The van der Waals surface area contributed by atoms with E-state index in [2.05, 4.69) is 30.8 Å². The number of hydrogen-bond donors (Lipinski definition) is 1. The molecule has 0 heterocycles. The molecule has 86 valence electrons. The second kappa shape index (κ2) is 4.03. The fourth-order valence-corrected chi connectivity index (χ4v) is 2.16. The molecule has 2 aliphatic carbocycles. The molecule has 2 saturated carbocycles. The molecular formula is C12H23N3. The van der Waals surface area contributed by atoms with E-state index in [9.17, 15) is 0 Å². The molecule has 0 saturated heterocycles. The summed E-state index contributed by atoms with van der Waals surface area (Å²) in [5, 5.41) is 0. The first-order chi connectivity index (χ1) is 7.08. The molecule has 3 heteroatoms. The third-order valence-corrected chi connectivity index (χ3v) is 3.41.